The first kappa shape index (κ1) is 25.4. The van der Waals surface area contributed by atoms with Crippen molar-refractivity contribution in [1.29, 1.82) is 0 Å². The second-order valence-corrected chi connectivity index (χ2v) is 10.9. The van der Waals surface area contributed by atoms with E-state index in [-0.39, 0.29) is 16.8 Å². The summed E-state index contributed by atoms with van der Waals surface area (Å²) >= 11 is 6.09. The molecule has 1 saturated heterocycles. The number of nitrogens with zero attached hydrogens (tertiary/aromatic N) is 3. The number of allylic oxidation sites excluding steroid dienone is 4. The average Bonchev–Trinajstić information content (AvgIpc) is 3.59. The highest BCUT2D eigenvalue weighted by Crippen LogP contribution is 2.25. The highest BCUT2D eigenvalue weighted by atomic mass is 35.5. The molecule has 6 rings (SSSR count). The number of aromatic amines is 2. The lowest BCUT2D eigenvalue weighted by Gasteiger charge is -2.26. The van der Waals surface area contributed by atoms with Crippen molar-refractivity contribution in [2.75, 3.05) is 18.4 Å². The van der Waals surface area contributed by atoms with E-state index in [0.29, 0.717) is 29.1 Å². The number of benzene rings is 1. The van der Waals surface area contributed by atoms with Gasteiger partial charge in [-0.3, -0.25) is 19.2 Å². The summed E-state index contributed by atoms with van der Waals surface area (Å²) in [6.45, 7) is 3.80. The quantitative estimate of drug-likeness (QED) is 0.270. The first-order valence-corrected chi connectivity index (χ1v) is 13.9. The van der Waals surface area contributed by atoms with Gasteiger partial charge in [0.2, 0.25) is 0 Å². The van der Waals surface area contributed by atoms with Crippen LogP contribution in [0.3, 0.4) is 0 Å². The van der Waals surface area contributed by atoms with Crippen LogP contribution in [-0.4, -0.2) is 49.0 Å². The maximum absolute atomic E-state index is 12.9. The average molecular weight is 543 g/mol. The van der Waals surface area contributed by atoms with E-state index < -0.39 is 0 Å². The summed E-state index contributed by atoms with van der Waals surface area (Å²) < 4.78 is 1.72. The van der Waals surface area contributed by atoms with E-state index in [1.165, 1.54) is 31.0 Å². The lowest BCUT2D eigenvalue weighted by molar-refractivity contribution is 0.102. The highest BCUT2D eigenvalue weighted by Gasteiger charge is 2.15. The predicted molar refractivity (Wildman–Crippen MR) is 155 cm³/mol. The molecule has 8 nitrogen and oxygen atoms in total. The third kappa shape index (κ3) is 5.92. The van der Waals surface area contributed by atoms with Crippen LogP contribution in [0.25, 0.3) is 22.2 Å². The molecule has 1 aliphatic heterocycles. The van der Waals surface area contributed by atoms with E-state index in [2.05, 4.69) is 49.6 Å². The van der Waals surface area contributed by atoms with Crippen LogP contribution in [0.15, 0.2) is 77.5 Å². The number of carbonyl (C=O) groups is 1. The molecule has 1 aromatic carbocycles. The van der Waals surface area contributed by atoms with Crippen LogP contribution < -0.4 is 10.9 Å². The topological polar surface area (TPSA) is 98.8 Å². The zero-order chi connectivity index (χ0) is 26.8. The zero-order valence-electron chi connectivity index (χ0n) is 21.6. The summed E-state index contributed by atoms with van der Waals surface area (Å²) in [4.78, 5) is 34.3. The maximum Gasteiger partial charge on any atom is 0.258 e. The Kier molecular flexibility index (Phi) is 7.22. The van der Waals surface area contributed by atoms with Gasteiger partial charge < -0.3 is 15.3 Å². The van der Waals surface area contributed by atoms with Gasteiger partial charge in [0.05, 0.1) is 40.6 Å². The number of H-pyrrole nitrogens is 2. The van der Waals surface area contributed by atoms with Crippen molar-refractivity contribution in [2.45, 2.75) is 44.1 Å². The van der Waals surface area contributed by atoms with Gasteiger partial charge in [-0.15, -0.1) is 11.6 Å². The largest absolute Gasteiger partial charge is 0.354 e. The standard InChI is InChI=1S/C30H31ClN6O2/c31-24-7-4-20(5-8-24)18-37-19-23(15-33-37)29(38)34-25-14-26(30(39)32-16-25)28-13-22-12-21(6-9-27(22)35-28)17-36-10-2-1-3-11-36/h4-7,9,12-16,19,24,35H,1-3,8,10-11,17-18H2,(H,32,39)(H,34,38). The number of pyridine rings is 1. The number of nitrogens with one attached hydrogen (secondary N) is 3. The third-order valence-electron chi connectivity index (χ3n) is 7.36. The lowest BCUT2D eigenvalue weighted by Crippen LogP contribution is -2.28. The van der Waals surface area contributed by atoms with Gasteiger partial charge >= 0.3 is 0 Å². The Morgan fingerprint density at radius 1 is 1.13 bits per heavy atom. The van der Waals surface area contributed by atoms with Gasteiger partial charge in [0.15, 0.2) is 0 Å². The molecule has 1 fully saturated rings. The molecule has 0 radical (unpaired) electrons. The summed E-state index contributed by atoms with van der Waals surface area (Å²) in [7, 11) is 0. The van der Waals surface area contributed by atoms with Gasteiger partial charge in [0.25, 0.3) is 11.5 Å². The van der Waals surface area contributed by atoms with Crippen molar-refractivity contribution in [3.05, 3.63) is 94.2 Å². The molecular weight excluding hydrogens is 512 g/mol. The SMILES string of the molecule is O=C(Nc1c[nH]c(=O)c(-c2cc3cc(CN4CCCCC4)ccc3[nH]2)c1)c1cnn(CC2=CCC(Cl)C=C2)c1. The van der Waals surface area contributed by atoms with Crippen LogP contribution in [-0.2, 0) is 13.1 Å². The Balaban J connectivity index is 1.16. The minimum Gasteiger partial charge on any atom is -0.354 e. The Morgan fingerprint density at radius 2 is 2.00 bits per heavy atom. The van der Waals surface area contributed by atoms with Gasteiger partial charge in [0, 0.05) is 29.8 Å². The number of carbonyl (C=O) groups excluding carboxylic acids is 1. The molecule has 1 unspecified atom stereocenters. The number of anilines is 1. The second-order valence-electron chi connectivity index (χ2n) is 10.3. The summed E-state index contributed by atoms with van der Waals surface area (Å²) in [6.07, 6.45) is 15.4. The molecule has 0 bridgehead atoms. The molecule has 0 saturated carbocycles. The summed E-state index contributed by atoms with van der Waals surface area (Å²) in [5, 5.41) is 8.29. The smallest absolute Gasteiger partial charge is 0.258 e. The Labute approximate surface area is 231 Å². The lowest BCUT2D eigenvalue weighted by atomic mass is 10.1. The molecule has 1 aliphatic carbocycles. The number of rotatable bonds is 7. The maximum atomic E-state index is 12.9. The predicted octanol–water partition coefficient (Wildman–Crippen LogP) is 5.45. The van der Waals surface area contributed by atoms with Gasteiger partial charge in [-0.2, -0.15) is 5.10 Å². The summed E-state index contributed by atoms with van der Waals surface area (Å²) in [6, 6.07) is 10.1. The van der Waals surface area contributed by atoms with Crippen molar-refractivity contribution in [2.24, 2.45) is 0 Å². The van der Waals surface area contributed by atoms with Gasteiger partial charge in [-0.05, 0) is 67.8 Å². The van der Waals surface area contributed by atoms with Crippen LogP contribution in [0, 0.1) is 0 Å². The molecule has 2 aliphatic rings. The zero-order valence-corrected chi connectivity index (χ0v) is 22.4. The first-order chi connectivity index (χ1) is 19.0. The molecular formula is C30H31ClN6O2. The summed E-state index contributed by atoms with van der Waals surface area (Å²) in [5.74, 6) is -0.299. The van der Waals surface area contributed by atoms with Gasteiger partial charge in [0.1, 0.15) is 0 Å². The fourth-order valence-corrected chi connectivity index (χ4v) is 5.43. The minimum atomic E-state index is -0.299. The van der Waals surface area contributed by atoms with Crippen molar-refractivity contribution in [3.63, 3.8) is 0 Å². The molecule has 39 heavy (non-hydrogen) atoms. The van der Waals surface area contributed by atoms with E-state index >= 15 is 0 Å². The number of alkyl halides is 1. The van der Waals surface area contributed by atoms with E-state index in [0.717, 1.165) is 42.5 Å². The molecule has 200 valence electrons. The van der Waals surface area contributed by atoms with Crippen molar-refractivity contribution < 1.29 is 4.79 Å². The molecule has 9 heteroatoms. The van der Waals surface area contributed by atoms with Crippen LogP contribution in [0.5, 0.6) is 0 Å². The number of fused-ring (bicyclic) bond motifs is 1. The normalized spacial score (nSPS) is 17.9. The fraction of sp³-hybridized carbons (Fsp3) is 0.300. The number of aromatic nitrogens is 4. The Hall–Kier alpha value is -3.88. The molecule has 4 aromatic rings. The number of halogens is 1. The van der Waals surface area contributed by atoms with Gasteiger partial charge in [-0.25, -0.2) is 0 Å². The third-order valence-corrected chi connectivity index (χ3v) is 7.68. The van der Waals surface area contributed by atoms with Crippen LogP contribution in [0.1, 0.15) is 41.6 Å². The van der Waals surface area contributed by atoms with Crippen molar-refractivity contribution in [3.8, 4) is 11.3 Å². The van der Waals surface area contributed by atoms with E-state index in [9.17, 15) is 9.59 Å². The number of piperidine rings is 1. The first-order valence-electron chi connectivity index (χ1n) is 13.4. The van der Waals surface area contributed by atoms with Crippen molar-refractivity contribution in [1.82, 2.24) is 24.6 Å². The molecule has 1 amide bonds. The van der Waals surface area contributed by atoms with Gasteiger partial charge in [-0.1, -0.05) is 30.7 Å². The number of likely N-dealkylation sites (tertiary alicyclic amines) is 1. The Morgan fingerprint density at radius 3 is 2.82 bits per heavy atom. The van der Waals surface area contributed by atoms with Crippen LogP contribution in [0.4, 0.5) is 5.69 Å². The van der Waals surface area contributed by atoms with E-state index in [1.807, 2.05) is 18.2 Å². The Bertz CT molecular complexity index is 1620. The minimum absolute atomic E-state index is 0.0289. The van der Waals surface area contributed by atoms with E-state index in [4.69, 9.17) is 11.6 Å². The van der Waals surface area contributed by atoms with Crippen LogP contribution >= 0.6 is 11.6 Å². The highest BCUT2D eigenvalue weighted by molar-refractivity contribution is 6.22. The molecule has 3 N–H and O–H groups in total. The molecule has 4 heterocycles. The second kappa shape index (κ2) is 11.1. The fourth-order valence-electron chi connectivity index (χ4n) is 5.27. The number of amides is 1. The van der Waals surface area contributed by atoms with Crippen LogP contribution in [0.2, 0.25) is 0 Å². The van der Waals surface area contributed by atoms with E-state index in [1.54, 1.807) is 23.1 Å². The number of hydrogen-bond donors (Lipinski definition) is 3. The molecule has 1 atom stereocenters. The summed E-state index contributed by atoms with van der Waals surface area (Å²) in [5.41, 5.74) is 5.22. The number of hydrogen-bond acceptors (Lipinski definition) is 4. The molecule has 0 spiro atoms. The molecule has 3 aromatic heterocycles. The van der Waals surface area contributed by atoms with Crippen molar-refractivity contribution >= 4 is 34.1 Å². The monoisotopic (exact) mass is 542 g/mol.